The zero-order valence-electron chi connectivity index (χ0n) is 13.6. The Kier molecular flexibility index (Phi) is 5.80. The summed E-state index contributed by atoms with van der Waals surface area (Å²) in [5.41, 5.74) is 2.48. The van der Waals surface area contributed by atoms with Crippen LogP contribution in [0.2, 0.25) is 0 Å². The molecule has 1 aliphatic rings. The smallest absolute Gasteiger partial charge is 0.236 e. The largest absolute Gasteiger partial charge is 0.340 e. The third kappa shape index (κ3) is 4.57. The lowest BCUT2D eigenvalue weighted by Crippen LogP contribution is -2.41. The van der Waals surface area contributed by atoms with E-state index in [0.717, 1.165) is 0 Å². The van der Waals surface area contributed by atoms with Crippen molar-refractivity contribution >= 4 is 5.91 Å². The van der Waals surface area contributed by atoms with Crippen LogP contribution in [0.3, 0.4) is 0 Å². The van der Waals surface area contributed by atoms with E-state index in [1.54, 1.807) is 0 Å². The number of carbonyl (C=O) groups is 1. The third-order valence-electron chi connectivity index (χ3n) is 4.68. The van der Waals surface area contributed by atoms with Crippen LogP contribution in [-0.2, 0) is 11.3 Å². The van der Waals surface area contributed by atoms with Gasteiger partial charge in [-0.2, -0.15) is 0 Å². The van der Waals surface area contributed by atoms with Crippen molar-refractivity contribution in [3.05, 3.63) is 35.4 Å². The summed E-state index contributed by atoms with van der Waals surface area (Å²) in [4.78, 5) is 16.5. The van der Waals surface area contributed by atoms with E-state index in [4.69, 9.17) is 0 Å². The third-order valence-corrected chi connectivity index (χ3v) is 4.68. The normalized spacial score (nSPS) is 16.2. The number of carbonyl (C=O) groups excluding carboxylic acids is 1. The molecule has 0 bridgehead atoms. The van der Waals surface area contributed by atoms with Gasteiger partial charge in [0.25, 0.3) is 0 Å². The first-order valence-corrected chi connectivity index (χ1v) is 8.06. The first kappa shape index (κ1) is 16.0. The van der Waals surface area contributed by atoms with Gasteiger partial charge in [0.2, 0.25) is 5.91 Å². The summed E-state index contributed by atoms with van der Waals surface area (Å²) >= 11 is 0. The van der Waals surface area contributed by atoms with Crippen molar-refractivity contribution in [3.8, 4) is 0 Å². The lowest BCUT2D eigenvalue weighted by atomic mass is 9.94. The molecule has 21 heavy (non-hydrogen) atoms. The fourth-order valence-electron chi connectivity index (χ4n) is 3.12. The summed E-state index contributed by atoms with van der Waals surface area (Å²) in [6, 6.07) is 8.87. The van der Waals surface area contributed by atoms with Gasteiger partial charge in [0.15, 0.2) is 0 Å². The molecule has 0 saturated heterocycles. The average molecular weight is 288 g/mol. The molecule has 1 saturated carbocycles. The first-order valence-electron chi connectivity index (χ1n) is 8.06. The molecule has 1 fully saturated rings. The van der Waals surface area contributed by atoms with Gasteiger partial charge in [-0.25, -0.2) is 0 Å². The van der Waals surface area contributed by atoms with Crippen LogP contribution in [0.1, 0.15) is 43.2 Å². The summed E-state index contributed by atoms with van der Waals surface area (Å²) < 4.78 is 0. The molecule has 1 aromatic rings. The van der Waals surface area contributed by atoms with Crippen molar-refractivity contribution in [3.63, 3.8) is 0 Å². The molecule has 0 unspecified atom stereocenters. The number of benzene rings is 1. The molecule has 0 N–H and O–H groups in total. The van der Waals surface area contributed by atoms with Crippen molar-refractivity contribution in [2.75, 3.05) is 20.6 Å². The summed E-state index contributed by atoms with van der Waals surface area (Å²) in [7, 11) is 4.00. The van der Waals surface area contributed by atoms with Crippen LogP contribution in [0, 0.1) is 6.92 Å². The van der Waals surface area contributed by atoms with Crippen LogP contribution in [0.5, 0.6) is 0 Å². The number of hydrogen-bond acceptors (Lipinski definition) is 2. The summed E-state index contributed by atoms with van der Waals surface area (Å²) in [6.07, 6.45) is 6.45. The Hall–Kier alpha value is -1.35. The molecule has 3 nitrogen and oxygen atoms in total. The van der Waals surface area contributed by atoms with E-state index in [-0.39, 0.29) is 5.91 Å². The highest BCUT2D eigenvalue weighted by Gasteiger charge is 2.21. The van der Waals surface area contributed by atoms with Crippen LogP contribution >= 0.6 is 0 Å². The molecule has 0 aliphatic heterocycles. The zero-order chi connectivity index (χ0) is 15.2. The number of hydrogen-bond donors (Lipinski definition) is 0. The second kappa shape index (κ2) is 7.60. The van der Waals surface area contributed by atoms with Crippen molar-refractivity contribution in [2.24, 2.45) is 0 Å². The topological polar surface area (TPSA) is 23.6 Å². The zero-order valence-corrected chi connectivity index (χ0v) is 13.6. The molecule has 0 radical (unpaired) electrons. The van der Waals surface area contributed by atoms with Crippen LogP contribution in [-0.4, -0.2) is 42.4 Å². The molecule has 0 aromatic heterocycles. The average Bonchev–Trinajstić information content (AvgIpc) is 2.50. The fraction of sp³-hybridized carbons (Fsp3) is 0.611. The highest BCUT2D eigenvalue weighted by molar-refractivity contribution is 5.78. The summed E-state index contributed by atoms with van der Waals surface area (Å²) in [6.45, 7) is 3.33. The van der Waals surface area contributed by atoms with Gasteiger partial charge in [-0.3, -0.25) is 9.69 Å². The van der Waals surface area contributed by atoms with Crippen molar-refractivity contribution < 1.29 is 4.79 Å². The quantitative estimate of drug-likeness (QED) is 0.830. The van der Waals surface area contributed by atoms with E-state index >= 15 is 0 Å². The van der Waals surface area contributed by atoms with Gasteiger partial charge in [0, 0.05) is 19.6 Å². The Balaban J connectivity index is 1.86. The molecule has 2 rings (SSSR count). The first-order chi connectivity index (χ1) is 10.1. The van der Waals surface area contributed by atoms with Gasteiger partial charge in [0.05, 0.1) is 6.54 Å². The van der Waals surface area contributed by atoms with E-state index in [1.165, 1.54) is 43.2 Å². The lowest BCUT2D eigenvalue weighted by Gasteiger charge is -2.32. The van der Waals surface area contributed by atoms with Crippen molar-refractivity contribution in [2.45, 2.75) is 51.6 Å². The Morgan fingerprint density at radius 2 is 1.81 bits per heavy atom. The van der Waals surface area contributed by atoms with Gasteiger partial charge in [0.1, 0.15) is 0 Å². The Labute approximate surface area is 128 Å². The van der Waals surface area contributed by atoms with Gasteiger partial charge in [-0.15, -0.1) is 0 Å². The van der Waals surface area contributed by atoms with Crippen molar-refractivity contribution in [1.82, 2.24) is 9.80 Å². The van der Waals surface area contributed by atoms with Gasteiger partial charge in [-0.1, -0.05) is 43.5 Å². The van der Waals surface area contributed by atoms with Gasteiger partial charge >= 0.3 is 0 Å². The van der Waals surface area contributed by atoms with Gasteiger partial charge in [-0.05, 0) is 37.9 Å². The number of nitrogens with zero attached hydrogens (tertiary/aromatic N) is 2. The molecule has 1 aliphatic carbocycles. The molecular formula is C18H28N2O. The van der Waals surface area contributed by atoms with E-state index in [0.29, 0.717) is 19.1 Å². The Morgan fingerprint density at radius 1 is 1.14 bits per heavy atom. The molecule has 116 valence electrons. The molecule has 1 aromatic carbocycles. The number of rotatable bonds is 5. The molecule has 1 amide bonds. The van der Waals surface area contributed by atoms with Crippen LogP contribution in [0.4, 0.5) is 0 Å². The van der Waals surface area contributed by atoms with E-state index in [1.807, 2.05) is 24.1 Å². The molecule has 0 atom stereocenters. The Bertz CT molecular complexity index is 466. The summed E-state index contributed by atoms with van der Waals surface area (Å²) in [5, 5.41) is 0. The number of amides is 1. The minimum Gasteiger partial charge on any atom is -0.340 e. The molecule has 0 heterocycles. The van der Waals surface area contributed by atoms with Crippen molar-refractivity contribution in [1.29, 1.82) is 0 Å². The van der Waals surface area contributed by atoms with Crippen LogP contribution < -0.4 is 0 Å². The number of aryl methyl sites for hydroxylation is 1. The predicted molar refractivity (Wildman–Crippen MR) is 87.2 cm³/mol. The van der Waals surface area contributed by atoms with E-state index in [9.17, 15) is 4.79 Å². The van der Waals surface area contributed by atoms with E-state index in [2.05, 4.69) is 31.0 Å². The second-order valence-electron chi connectivity index (χ2n) is 6.38. The highest BCUT2D eigenvalue weighted by atomic mass is 16.2. The maximum Gasteiger partial charge on any atom is 0.236 e. The maximum atomic E-state index is 12.4. The standard InChI is InChI=1S/C18H28N2O/c1-15-9-7-8-10-16(15)13-20(3)18(21)14-19(2)17-11-5-4-6-12-17/h7-10,17H,4-6,11-14H2,1-3H3. The van der Waals surface area contributed by atoms with E-state index < -0.39 is 0 Å². The minimum atomic E-state index is 0.214. The number of likely N-dealkylation sites (N-methyl/N-ethyl adjacent to an activating group) is 2. The minimum absolute atomic E-state index is 0.214. The van der Waals surface area contributed by atoms with Gasteiger partial charge < -0.3 is 4.90 Å². The van der Waals surface area contributed by atoms with Crippen LogP contribution in [0.15, 0.2) is 24.3 Å². The second-order valence-corrected chi connectivity index (χ2v) is 6.38. The van der Waals surface area contributed by atoms with Crippen LogP contribution in [0.25, 0.3) is 0 Å². The predicted octanol–water partition coefficient (Wildman–Crippen LogP) is 3.22. The maximum absolute atomic E-state index is 12.4. The SMILES string of the molecule is Cc1ccccc1CN(C)C(=O)CN(C)C1CCCCC1. The molecule has 0 spiro atoms. The Morgan fingerprint density at radius 3 is 2.48 bits per heavy atom. The molecular weight excluding hydrogens is 260 g/mol. The lowest BCUT2D eigenvalue weighted by molar-refractivity contribution is -0.132. The fourth-order valence-corrected chi connectivity index (χ4v) is 3.12. The molecule has 3 heteroatoms. The summed E-state index contributed by atoms with van der Waals surface area (Å²) in [5.74, 6) is 0.214. The highest BCUT2D eigenvalue weighted by Crippen LogP contribution is 2.21. The monoisotopic (exact) mass is 288 g/mol.